The number of thiophene rings is 1. The van der Waals surface area contributed by atoms with Crippen LogP contribution in [-0.2, 0) is 17.8 Å². The van der Waals surface area contributed by atoms with Gasteiger partial charge < -0.3 is 19.1 Å². The van der Waals surface area contributed by atoms with Crippen molar-refractivity contribution < 1.29 is 14.2 Å². The molecule has 0 N–H and O–H groups in total. The van der Waals surface area contributed by atoms with Crippen molar-refractivity contribution in [3.8, 4) is 22.8 Å². The molecule has 5 rings (SSSR count). The minimum Gasteiger partial charge on any atom is -0.497 e. The van der Waals surface area contributed by atoms with Crippen molar-refractivity contribution in [3.05, 3.63) is 76.3 Å². The van der Waals surface area contributed by atoms with Crippen LogP contribution in [0.25, 0.3) is 22.3 Å². The number of rotatable bonds is 10. The summed E-state index contributed by atoms with van der Waals surface area (Å²) < 4.78 is 18.8. The van der Waals surface area contributed by atoms with Crippen LogP contribution in [0.5, 0.6) is 11.5 Å². The molecule has 0 amide bonds. The first-order valence-corrected chi connectivity index (χ1v) is 12.8. The molecule has 0 aliphatic heterocycles. The molecule has 3 aromatic heterocycles. The fourth-order valence-electron chi connectivity index (χ4n) is 3.98. The Kier molecular flexibility index (Phi) is 7.55. The molecular formula is C27H26ClN5O3S. The quantitative estimate of drug-likeness (QED) is 0.210. The Morgan fingerprint density at radius 1 is 0.919 bits per heavy atom. The number of methoxy groups -OCH3 is 3. The van der Waals surface area contributed by atoms with Gasteiger partial charge in [-0.15, -0.1) is 11.3 Å². The lowest BCUT2D eigenvalue weighted by Gasteiger charge is -2.26. The highest BCUT2D eigenvalue weighted by molar-refractivity contribution is 7.16. The third kappa shape index (κ3) is 5.69. The molecule has 0 unspecified atom stereocenters. The van der Waals surface area contributed by atoms with Crippen molar-refractivity contribution in [2.75, 3.05) is 32.8 Å². The van der Waals surface area contributed by atoms with Gasteiger partial charge in [-0.3, -0.25) is 9.67 Å². The molecular weight excluding hydrogens is 510 g/mol. The van der Waals surface area contributed by atoms with Gasteiger partial charge in [-0.25, -0.2) is 4.98 Å². The number of benzene rings is 2. The van der Waals surface area contributed by atoms with Gasteiger partial charge in [0.25, 0.3) is 0 Å². The summed E-state index contributed by atoms with van der Waals surface area (Å²) in [4.78, 5) is 12.9. The van der Waals surface area contributed by atoms with Gasteiger partial charge in [-0.2, -0.15) is 5.10 Å². The minimum atomic E-state index is 0.591. The Morgan fingerprint density at radius 3 is 2.43 bits per heavy atom. The molecule has 0 bridgehead atoms. The Labute approximate surface area is 224 Å². The Balaban J connectivity index is 1.55. The molecule has 10 heteroatoms. The van der Waals surface area contributed by atoms with Gasteiger partial charge in [0.05, 0.1) is 67.4 Å². The zero-order chi connectivity index (χ0) is 25.8. The monoisotopic (exact) mass is 535 g/mol. The molecule has 2 aromatic carbocycles. The molecule has 0 fully saturated rings. The minimum absolute atomic E-state index is 0.591. The topological polar surface area (TPSA) is 74.5 Å². The molecule has 3 heterocycles. The van der Waals surface area contributed by atoms with Crippen molar-refractivity contribution in [2.45, 2.75) is 13.1 Å². The van der Waals surface area contributed by atoms with E-state index >= 15 is 0 Å². The number of nitrogens with zero attached hydrogens (tertiary/aromatic N) is 5. The lowest BCUT2D eigenvalue weighted by molar-refractivity contribution is 0.183. The van der Waals surface area contributed by atoms with Crippen LogP contribution in [0.4, 0.5) is 11.4 Å². The molecule has 0 spiro atoms. The summed E-state index contributed by atoms with van der Waals surface area (Å²) in [6.07, 6.45) is 5.52. The Morgan fingerprint density at radius 2 is 1.73 bits per heavy atom. The number of anilines is 2. The molecule has 0 saturated heterocycles. The first-order valence-electron chi connectivity index (χ1n) is 11.6. The first-order chi connectivity index (χ1) is 18.1. The second-order valence-electron chi connectivity index (χ2n) is 8.28. The molecule has 190 valence electrons. The van der Waals surface area contributed by atoms with Crippen LogP contribution in [0.3, 0.4) is 0 Å². The Bertz CT molecular complexity index is 1500. The van der Waals surface area contributed by atoms with Gasteiger partial charge in [0.2, 0.25) is 0 Å². The zero-order valence-electron chi connectivity index (χ0n) is 20.7. The van der Waals surface area contributed by atoms with Gasteiger partial charge in [0.15, 0.2) is 0 Å². The summed E-state index contributed by atoms with van der Waals surface area (Å²) in [7, 11) is 4.97. The normalized spacial score (nSPS) is 11.1. The molecule has 8 nitrogen and oxygen atoms in total. The summed E-state index contributed by atoms with van der Waals surface area (Å²) in [5, 5.41) is 4.40. The van der Waals surface area contributed by atoms with Gasteiger partial charge >= 0.3 is 0 Å². The van der Waals surface area contributed by atoms with Crippen molar-refractivity contribution in [3.63, 3.8) is 0 Å². The Hall–Kier alpha value is -3.66. The van der Waals surface area contributed by atoms with Crippen molar-refractivity contribution in [1.82, 2.24) is 19.7 Å². The number of hydrogen-bond acceptors (Lipinski definition) is 8. The van der Waals surface area contributed by atoms with Crippen molar-refractivity contribution in [1.29, 1.82) is 0 Å². The molecule has 37 heavy (non-hydrogen) atoms. The summed E-state index contributed by atoms with van der Waals surface area (Å²) in [5.74, 6) is 1.41. The van der Waals surface area contributed by atoms with E-state index in [0.29, 0.717) is 31.2 Å². The van der Waals surface area contributed by atoms with E-state index < -0.39 is 0 Å². The van der Waals surface area contributed by atoms with Gasteiger partial charge in [0, 0.05) is 53.3 Å². The standard InChI is InChI=1S/C27H26ClN5O3S/c1-34-9-8-32-16-18(14-30-32)26-15-29-24-6-4-19(12-25(24)31-26)33(17-23-5-7-27(28)37-23)20-10-21(35-2)13-22(11-20)36-3/h4-7,10-16H,8-9,17H2,1-3H3. The van der Waals surface area contributed by atoms with E-state index in [1.165, 1.54) is 0 Å². The fourth-order valence-corrected chi connectivity index (χ4v) is 5.06. The lowest BCUT2D eigenvalue weighted by Crippen LogP contribution is -2.16. The van der Waals surface area contributed by atoms with E-state index in [1.807, 2.05) is 59.4 Å². The lowest BCUT2D eigenvalue weighted by atomic mass is 10.2. The zero-order valence-corrected chi connectivity index (χ0v) is 22.3. The average Bonchev–Trinajstić information content (AvgIpc) is 3.58. The van der Waals surface area contributed by atoms with E-state index in [9.17, 15) is 0 Å². The third-order valence-electron chi connectivity index (χ3n) is 5.88. The summed E-state index contributed by atoms with van der Waals surface area (Å²) in [5.41, 5.74) is 5.12. The molecule has 0 aliphatic rings. The third-order valence-corrected chi connectivity index (χ3v) is 7.10. The highest BCUT2D eigenvalue weighted by atomic mass is 35.5. The predicted octanol–water partition coefficient (Wildman–Crippen LogP) is 6.21. The van der Waals surface area contributed by atoms with Crippen molar-refractivity contribution in [2.24, 2.45) is 0 Å². The van der Waals surface area contributed by atoms with E-state index in [1.54, 1.807) is 45.1 Å². The van der Waals surface area contributed by atoms with Crippen LogP contribution in [0.1, 0.15) is 4.88 Å². The highest BCUT2D eigenvalue weighted by Gasteiger charge is 2.16. The molecule has 0 radical (unpaired) electrons. The highest BCUT2D eigenvalue weighted by Crippen LogP contribution is 2.36. The van der Waals surface area contributed by atoms with Crippen LogP contribution >= 0.6 is 22.9 Å². The number of ether oxygens (including phenoxy) is 3. The maximum absolute atomic E-state index is 6.24. The van der Waals surface area contributed by atoms with Gasteiger partial charge in [0.1, 0.15) is 11.5 Å². The maximum Gasteiger partial charge on any atom is 0.124 e. The summed E-state index contributed by atoms with van der Waals surface area (Å²) >= 11 is 7.79. The predicted molar refractivity (Wildman–Crippen MR) is 147 cm³/mol. The van der Waals surface area contributed by atoms with Gasteiger partial charge in [-0.1, -0.05) is 11.6 Å². The maximum atomic E-state index is 6.24. The second-order valence-corrected chi connectivity index (χ2v) is 10.1. The van der Waals surface area contributed by atoms with Crippen LogP contribution in [0, 0.1) is 0 Å². The number of halogens is 1. The smallest absolute Gasteiger partial charge is 0.124 e. The molecule has 0 saturated carbocycles. The van der Waals surface area contributed by atoms with Crippen LogP contribution in [-0.4, -0.2) is 47.7 Å². The summed E-state index contributed by atoms with van der Waals surface area (Å²) in [6, 6.07) is 15.8. The van der Waals surface area contributed by atoms with Gasteiger partial charge in [-0.05, 0) is 30.3 Å². The SMILES string of the molecule is COCCn1cc(-c2cnc3ccc(N(Cc4ccc(Cl)s4)c4cc(OC)cc(OC)c4)cc3n2)cn1. The summed E-state index contributed by atoms with van der Waals surface area (Å²) in [6.45, 7) is 1.88. The van der Waals surface area contributed by atoms with E-state index in [4.69, 9.17) is 30.8 Å². The molecule has 0 aliphatic carbocycles. The number of aromatic nitrogens is 4. The first kappa shape index (κ1) is 25.0. The second kappa shape index (κ2) is 11.2. The number of fused-ring (bicyclic) bond motifs is 1. The van der Waals surface area contributed by atoms with E-state index in [-0.39, 0.29) is 0 Å². The van der Waals surface area contributed by atoms with Crippen LogP contribution in [0.2, 0.25) is 4.34 Å². The van der Waals surface area contributed by atoms with Crippen LogP contribution < -0.4 is 14.4 Å². The average molecular weight is 536 g/mol. The van der Waals surface area contributed by atoms with Crippen LogP contribution in [0.15, 0.2) is 67.1 Å². The molecule has 0 atom stereocenters. The van der Waals surface area contributed by atoms with E-state index in [0.717, 1.165) is 42.9 Å². The largest absolute Gasteiger partial charge is 0.497 e. The number of hydrogen-bond donors (Lipinski definition) is 0. The van der Waals surface area contributed by atoms with Crippen molar-refractivity contribution >= 4 is 45.3 Å². The molecule has 5 aromatic rings. The van der Waals surface area contributed by atoms with E-state index in [2.05, 4.69) is 15.0 Å². The fraction of sp³-hybridized carbons (Fsp3) is 0.222.